The number of thiazole rings is 1. The van der Waals surface area contributed by atoms with Crippen LogP contribution in [0.4, 0.5) is 10.5 Å². The summed E-state index contributed by atoms with van der Waals surface area (Å²) in [6.07, 6.45) is 5.94. The normalized spacial score (nSPS) is 18.6. The number of likely N-dealkylation sites (N-methyl/N-ethyl adjacent to an activating group) is 2. The van der Waals surface area contributed by atoms with Gasteiger partial charge in [-0.2, -0.15) is 11.8 Å². The number of carbonyl (C=O) groups excluding carboxylic acids is 10. The highest BCUT2D eigenvalue weighted by atomic mass is 32.2. The van der Waals surface area contributed by atoms with Gasteiger partial charge < -0.3 is 52.4 Å². The van der Waals surface area contributed by atoms with Gasteiger partial charge in [-0.1, -0.05) is 93.2 Å². The van der Waals surface area contributed by atoms with Crippen LogP contribution in [-0.2, 0) is 54.3 Å². The van der Waals surface area contributed by atoms with Gasteiger partial charge in [-0.05, 0) is 100 Å². The first-order valence-corrected chi connectivity index (χ1v) is 32.1. The van der Waals surface area contributed by atoms with E-state index in [2.05, 4.69) is 36.9 Å². The molecule has 2 saturated heterocycles. The quantitative estimate of drug-likeness (QED) is 0.0255. The van der Waals surface area contributed by atoms with Crippen molar-refractivity contribution >= 4 is 94.0 Å². The summed E-state index contributed by atoms with van der Waals surface area (Å²) in [4.78, 5) is 156. The van der Waals surface area contributed by atoms with Crippen molar-refractivity contribution in [3.05, 3.63) is 45.9 Å². The van der Waals surface area contributed by atoms with E-state index in [1.165, 1.54) is 31.0 Å². The predicted octanol–water partition coefficient (Wildman–Crippen LogP) is 5.15. The Hall–Kier alpha value is -6.67. The summed E-state index contributed by atoms with van der Waals surface area (Å²) in [5.74, 6) is -7.39. The number of carboxylic acids is 1. The van der Waals surface area contributed by atoms with Gasteiger partial charge in [-0.25, -0.2) is 9.78 Å². The Kier molecular flexibility index (Phi) is 28.9. The highest BCUT2D eigenvalue weighted by Crippen LogP contribution is 2.32. The monoisotopic (exact) mass is 1240 g/mol. The number of primary amides is 1. The van der Waals surface area contributed by atoms with Gasteiger partial charge in [0, 0.05) is 56.5 Å². The lowest BCUT2D eigenvalue weighted by molar-refractivity contribution is -0.149. The van der Waals surface area contributed by atoms with Gasteiger partial charge in [0.1, 0.15) is 34.9 Å². The molecule has 0 radical (unpaired) electrons. The number of urea groups is 1. The molecule has 2 fully saturated rings. The number of amides is 10. The van der Waals surface area contributed by atoms with Crippen molar-refractivity contribution in [3.8, 4) is 0 Å². The maximum atomic E-state index is 14.4. The first-order chi connectivity index (χ1) is 40.6. The van der Waals surface area contributed by atoms with Crippen LogP contribution in [0.5, 0.6) is 0 Å². The van der Waals surface area contributed by atoms with Crippen LogP contribution in [-0.4, -0.2) is 171 Å². The fourth-order valence-corrected chi connectivity index (χ4v) is 12.2. The summed E-state index contributed by atoms with van der Waals surface area (Å²) in [5, 5.41) is 27.9. The van der Waals surface area contributed by atoms with E-state index in [1.54, 1.807) is 56.3 Å². The standard InChI is InChI=1S/C60H93N11O13S2/c1-13-15-20-44(71-48(73)31-47(85-12)57(71)79)54(77)67-49(34(5)6)55(78)65-41(19-18-26-62-60(61)83)51(74)63-39-24-22-38(23-25-39)29-40(28-36(8)59(81)82)64-52(75)42-32-86-56(66-42)46(84-37(9)72)30-45(33(3)4)70(11)58(80)50(35(7)14-2)68-53(76)43-21-16-17-27-69(43)10/h22-25,32-36,40-41,43-47,49-50H,13-21,26-31H2,1-12H3,(H,63,74)(H,64,75)(H,65,78)(H,67,77)(H,68,76)(H,81,82)(H3,61,62,83)/t35-,36?,40+,41-,43+,44?,45+,46+,47?,49-,50?/m0/s1. The second-order valence-corrected chi connectivity index (χ2v) is 25.4. The molecule has 478 valence electrons. The SMILES string of the molecule is CCCCC(C(=O)N[C@H](C(=O)N[C@@H](CCCNC(N)=O)C(=O)Nc1ccc(C[C@@H](CC(C)C(=O)O)NC(=O)c2csc([C@@H](C[C@H](C(C)C)N(C)C(=O)C(NC(=O)[C@H]3CCCCN3C)[C@@H](C)CC)OC(C)=O)n2)cc1)C(C)C)N1C(=O)CC(SC)C1=O. The smallest absolute Gasteiger partial charge is 0.312 e. The Morgan fingerprint density at radius 1 is 0.872 bits per heavy atom. The number of nitrogens with one attached hydrogen (secondary N) is 6. The van der Waals surface area contributed by atoms with Gasteiger partial charge in [0.25, 0.3) is 5.91 Å². The molecule has 3 heterocycles. The summed E-state index contributed by atoms with van der Waals surface area (Å²) in [6.45, 7) is 16.7. The topological polar surface area (TPSA) is 338 Å². The van der Waals surface area contributed by atoms with Crippen molar-refractivity contribution in [2.75, 3.05) is 38.8 Å². The minimum atomic E-state index is -1.19. The molecule has 0 saturated carbocycles. The number of thioether (sulfide) groups is 1. The maximum Gasteiger partial charge on any atom is 0.312 e. The molecule has 4 rings (SSSR count). The number of rotatable bonds is 34. The van der Waals surface area contributed by atoms with E-state index in [-0.39, 0.29) is 86.9 Å². The molecule has 1 aromatic heterocycles. The molecular weight excluding hydrogens is 1150 g/mol. The third-order valence-corrected chi connectivity index (χ3v) is 18.0. The minimum absolute atomic E-state index is 0.00400. The van der Waals surface area contributed by atoms with E-state index in [0.717, 1.165) is 35.6 Å². The Labute approximate surface area is 514 Å². The summed E-state index contributed by atoms with van der Waals surface area (Å²) in [6, 6.07) is -0.0761. The Bertz CT molecular complexity index is 2670. The Morgan fingerprint density at radius 3 is 2.13 bits per heavy atom. The number of carbonyl (C=O) groups is 11. The Morgan fingerprint density at radius 2 is 1.56 bits per heavy atom. The number of ether oxygens (including phenoxy) is 1. The molecular formula is C60H93N11O13S2. The van der Waals surface area contributed by atoms with Gasteiger partial charge in [0.2, 0.25) is 41.4 Å². The number of aliphatic carboxylic acids is 1. The zero-order chi connectivity index (χ0) is 64.1. The number of unbranched alkanes of at least 4 members (excludes halogenated alkanes) is 1. The third-order valence-electron chi connectivity index (χ3n) is 16.1. The summed E-state index contributed by atoms with van der Waals surface area (Å²) < 4.78 is 5.83. The number of likely N-dealkylation sites (tertiary alicyclic amines) is 2. The lowest BCUT2D eigenvalue weighted by Crippen LogP contribution is -2.58. The zero-order valence-electron chi connectivity index (χ0n) is 52.0. The van der Waals surface area contributed by atoms with Crippen molar-refractivity contribution in [1.82, 2.24) is 46.3 Å². The number of aromatic nitrogens is 1. The molecule has 0 spiro atoms. The van der Waals surface area contributed by atoms with Crippen LogP contribution in [0.2, 0.25) is 0 Å². The number of carboxylic acid groups (broad SMARTS) is 1. The van der Waals surface area contributed by atoms with Crippen molar-refractivity contribution in [2.45, 2.75) is 199 Å². The average Bonchev–Trinajstić information content (AvgIpc) is 2.43. The highest BCUT2D eigenvalue weighted by Gasteiger charge is 2.45. The predicted molar refractivity (Wildman–Crippen MR) is 328 cm³/mol. The van der Waals surface area contributed by atoms with Gasteiger partial charge >= 0.3 is 18.0 Å². The molecule has 0 aliphatic carbocycles. The van der Waals surface area contributed by atoms with Crippen molar-refractivity contribution in [1.29, 1.82) is 0 Å². The van der Waals surface area contributed by atoms with E-state index in [1.807, 2.05) is 46.6 Å². The molecule has 2 aromatic rings. The van der Waals surface area contributed by atoms with Gasteiger partial charge in [-0.15, -0.1) is 11.3 Å². The van der Waals surface area contributed by atoms with Gasteiger partial charge in [-0.3, -0.25) is 57.7 Å². The highest BCUT2D eigenvalue weighted by molar-refractivity contribution is 8.00. The van der Waals surface area contributed by atoms with Crippen molar-refractivity contribution in [2.24, 2.45) is 29.4 Å². The molecule has 2 aliphatic rings. The number of hydrogen-bond acceptors (Lipinski definition) is 16. The molecule has 86 heavy (non-hydrogen) atoms. The second-order valence-electron chi connectivity index (χ2n) is 23.5. The van der Waals surface area contributed by atoms with E-state index >= 15 is 0 Å². The van der Waals surface area contributed by atoms with E-state index in [4.69, 9.17) is 10.5 Å². The molecule has 2 aliphatic heterocycles. The maximum absolute atomic E-state index is 14.4. The van der Waals surface area contributed by atoms with Crippen LogP contribution in [0.15, 0.2) is 29.6 Å². The number of hydrogen-bond donors (Lipinski definition) is 8. The molecule has 9 N–H and O–H groups in total. The van der Waals surface area contributed by atoms with Crippen LogP contribution in [0.1, 0.15) is 167 Å². The summed E-state index contributed by atoms with van der Waals surface area (Å²) in [7, 11) is 3.59. The lowest BCUT2D eigenvalue weighted by atomic mass is 9.92. The zero-order valence-corrected chi connectivity index (χ0v) is 53.7. The fraction of sp³-hybridized carbons (Fsp3) is 0.667. The van der Waals surface area contributed by atoms with Crippen LogP contribution in [0, 0.1) is 23.7 Å². The van der Waals surface area contributed by atoms with E-state index in [0.29, 0.717) is 41.9 Å². The summed E-state index contributed by atoms with van der Waals surface area (Å²) >= 11 is 2.32. The van der Waals surface area contributed by atoms with Crippen LogP contribution in [0.3, 0.4) is 0 Å². The average molecular weight is 1240 g/mol. The van der Waals surface area contributed by atoms with E-state index < -0.39 is 113 Å². The van der Waals surface area contributed by atoms with Crippen molar-refractivity contribution in [3.63, 3.8) is 0 Å². The number of nitrogens with zero attached hydrogens (tertiary/aromatic N) is 4. The lowest BCUT2D eigenvalue weighted by Gasteiger charge is -2.38. The fourth-order valence-electron chi connectivity index (χ4n) is 10.7. The number of imide groups is 1. The summed E-state index contributed by atoms with van der Waals surface area (Å²) in [5.41, 5.74) is 6.24. The van der Waals surface area contributed by atoms with Crippen LogP contribution < -0.4 is 37.6 Å². The second kappa shape index (κ2) is 34.6. The molecule has 10 amide bonds. The number of piperidine rings is 1. The largest absolute Gasteiger partial charge is 0.481 e. The molecule has 11 atom stereocenters. The van der Waals surface area contributed by atoms with E-state index in [9.17, 15) is 57.8 Å². The molecule has 1 aromatic carbocycles. The number of anilines is 1. The first kappa shape index (κ1) is 71.8. The first-order valence-electron chi connectivity index (χ1n) is 30.0. The number of nitrogens with two attached hydrogens (primary N) is 1. The number of benzene rings is 1. The molecule has 26 heteroatoms. The third kappa shape index (κ3) is 21.0. The number of esters is 1. The molecule has 4 unspecified atom stereocenters. The van der Waals surface area contributed by atoms with Gasteiger partial charge in [0.05, 0.1) is 17.2 Å². The van der Waals surface area contributed by atoms with Crippen LogP contribution in [0.25, 0.3) is 0 Å². The minimum Gasteiger partial charge on any atom is -0.481 e. The molecule has 0 bridgehead atoms. The van der Waals surface area contributed by atoms with Crippen LogP contribution >= 0.6 is 23.1 Å². The van der Waals surface area contributed by atoms with Crippen molar-refractivity contribution < 1.29 is 62.6 Å². The molecule has 24 nitrogen and oxygen atoms in total. The Balaban J connectivity index is 1.51. The van der Waals surface area contributed by atoms with Gasteiger partial charge in [0.15, 0.2) is 6.10 Å².